The maximum absolute atomic E-state index is 12.4. The van der Waals surface area contributed by atoms with E-state index in [1.54, 1.807) is 4.31 Å². The lowest BCUT2D eigenvalue weighted by atomic mass is 9.80. The molecule has 20 heavy (non-hydrogen) atoms. The third kappa shape index (κ3) is 4.09. The molecule has 1 N–H and O–H groups in total. The Morgan fingerprint density at radius 1 is 1.10 bits per heavy atom. The highest BCUT2D eigenvalue weighted by Crippen LogP contribution is 2.30. The van der Waals surface area contributed by atoms with Gasteiger partial charge in [0.25, 0.3) is 10.2 Å². The van der Waals surface area contributed by atoms with Crippen LogP contribution in [0, 0.1) is 11.8 Å². The van der Waals surface area contributed by atoms with E-state index in [1.165, 1.54) is 12.8 Å². The second-order valence-corrected chi connectivity index (χ2v) is 8.28. The van der Waals surface area contributed by atoms with Gasteiger partial charge in [0, 0.05) is 25.0 Å². The summed E-state index contributed by atoms with van der Waals surface area (Å²) in [5.41, 5.74) is 0. The van der Waals surface area contributed by atoms with Gasteiger partial charge in [0.1, 0.15) is 0 Å². The van der Waals surface area contributed by atoms with Crippen LogP contribution in [0.2, 0.25) is 0 Å². The summed E-state index contributed by atoms with van der Waals surface area (Å²) in [5, 5.41) is 0. The SMILES string of the molecule is CC1CCCCN1S(=O)(=O)NCC1CCCCC1CCl. The van der Waals surface area contributed by atoms with Crippen LogP contribution in [0.15, 0.2) is 0 Å². The molecule has 118 valence electrons. The van der Waals surface area contributed by atoms with E-state index in [-0.39, 0.29) is 6.04 Å². The van der Waals surface area contributed by atoms with Gasteiger partial charge in [-0.1, -0.05) is 19.3 Å². The van der Waals surface area contributed by atoms with Crippen LogP contribution in [0.3, 0.4) is 0 Å². The quantitative estimate of drug-likeness (QED) is 0.791. The van der Waals surface area contributed by atoms with Gasteiger partial charge in [-0.05, 0) is 44.4 Å². The highest BCUT2D eigenvalue weighted by molar-refractivity contribution is 7.87. The maximum atomic E-state index is 12.4. The molecule has 0 bridgehead atoms. The number of rotatable bonds is 5. The Balaban J connectivity index is 1.91. The molecule has 4 nitrogen and oxygen atoms in total. The Hall–Kier alpha value is 0.160. The molecule has 6 heteroatoms. The Morgan fingerprint density at radius 2 is 1.75 bits per heavy atom. The van der Waals surface area contributed by atoms with Gasteiger partial charge < -0.3 is 0 Å². The zero-order valence-electron chi connectivity index (χ0n) is 12.4. The van der Waals surface area contributed by atoms with E-state index in [9.17, 15) is 8.42 Å². The Labute approximate surface area is 128 Å². The summed E-state index contributed by atoms with van der Waals surface area (Å²) in [7, 11) is -3.32. The standard InChI is InChI=1S/C14H27ClN2O2S/c1-12-6-4-5-9-17(12)20(18,19)16-11-14-8-3-2-7-13(14)10-15/h12-14,16H,2-11H2,1H3. The molecule has 2 fully saturated rings. The lowest BCUT2D eigenvalue weighted by Crippen LogP contribution is -2.49. The largest absolute Gasteiger partial charge is 0.279 e. The molecule has 0 aromatic carbocycles. The first-order valence-corrected chi connectivity index (χ1v) is 9.84. The van der Waals surface area contributed by atoms with Gasteiger partial charge in [-0.3, -0.25) is 0 Å². The number of piperidine rings is 1. The fraction of sp³-hybridized carbons (Fsp3) is 1.00. The van der Waals surface area contributed by atoms with Gasteiger partial charge in [0.2, 0.25) is 0 Å². The molecule has 1 heterocycles. The molecule has 0 amide bonds. The van der Waals surface area contributed by atoms with Crippen LogP contribution in [0.4, 0.5) is 0 Å². The van der Waals surface area contributed by atoms with Crippen LogP contribution in [-0.2, 0) is 10.2 Å². The third-order valence-corrected chi connectivity index (χ3v) is 6.93. The number of nitrogens with zero attached hydrogens (tertiary/aromatic N) is 1. The average Bonchev–Trinajstić information content (AvgIpc) is 2.46. The molecular weight excluding hydrogens is 296 g/mol. The second kappa shape index (κ2) is 7.43. The van der Waals surface area contributed by atoms with E-state index >= 15 is 0 Å². The van der Waals surface area contributed by atoms with E-state index < -0.39 is 10.2 Å². The van der Waals surface area contributed by atoms with Crippen LogP contribution >= 0.6 is 11.6 Å². The second-order valence-electron chi connectivity index (χ2n) is 6.27. The molecule has 0 aromatic heterocycles. The van der Waals surface area contributed by atoms with Crippen LogP contribution in [0.25, 0.3) is 0 Å². The highest BCUT2D eigenvalue weighted by Gasteiger charge is 2.31. The van der Waals surface area contributed by atoms with Crippen molar-refractivity contribution in [2.24, 2.45) is 11.8 Å². The van der Waals surface area contributed by atoms with Gasteiger partial charge in [-0.2, -0.15) is 12.7 Å². The van der Waals surface area contributed by atoms with Gasteiger partial charge in [-0.15, -0.1) is 11.6 Å². The normalized spacial score (nSPS) is 33.2. The number of halogens is 1. The van der Waals surface area contributed by atoms with E-state index in [4.69, 9.17) is 11.6 Å². The molecule has 1 saturated heterocycles. The highest BCUT2D eigenvalue weighted by atomic mass is 35.5. The lowest BCUT2D eigenvalue weighted by Gasteiger charge is -2.34. The van der Waals surface area contributed by atoms with Crippen molar-refractivity contribution in [3.05, 3.63) is 0 Å². The molecule has 2 aliphatic rings. The fourth-order valence-electron chi connectivity index (χ4n) is 3.48. The summed E-state index contributed by atoms with van der Waals surface area (Å²) in [4.78, 5) is 0. The fourth-order valence-corrected chi connectivity index (χ4v) is 5.43. The summed E-state index contributed by atoms with van der Waals surface area (Å²) in [5.74, 6) is 1.51. The van der Waals surface area contributed by atoms with Crippen LogP contribution in [-0.4, -0.2) is 37.7 Å². The summed E-state index contributed by atoms with van der Waals surface area (Å²) >= 11 is 6.01. The molecular formula is C14H27ClN2O2S. The van der Waals surface area contributed by atoms with Gasteiger partial charge in [-0.25, -0.2) is 4.72 Å². The molecule has 0 spiro atoms. The Bertz CT molecular complexity index is 402. The topological polar surface area (TPSA) is 49.4 Å². The minimum atomic E-state index is -3.32. The van der Waals surface area contributed by atoms with Crippen molar-refractivity contribution in [2.75, 3.05) is 19.0 Å². The first-order chi connectivity index (χ1) is 9.54. The molecule has 3 atom stereocenters. The molecule has 2 rings (SSSR count). The van der Waals surface area contributed by atoms with Gasteiger partial charge in [0.15, 0.2) is 0 Å². The van der Waals surface area contributed by atoms with Gasteiger partial charge >= 0.3 is 0 Å². The molecule has 1 aliphatic carbocycles. The zero-order chi connectivity index (χ0) is 14.6. The van der Waals surface area contributed by atoms with Crippen molar-refractivity contribution in [1.82, 2.24) is 9.03 Å². The third-order valence-electron chi connectivity index (χ3n) is 4.84. The summed E-state index contributed by atoms with van der Waals surface area (Å²) < 4.78 is 29.3. The van der Waals surface area contributed by atoms with Crippen LogP contribution in [0.1, 0.15) is 51.9 Å². The van der Waals surface area contributed by atoms with Crippen molar-refractivity contribution in [2.45, 2.75) is 57.9 Å². The molecule has 1 aliphatic heterocycles. The average molecular weight is 323 g/mol. The monoisotopic (exact) mass is 322 g/mol. The van der Waals surface area contributed by atoms with E-state index in [2.05, 4.69) is 4.72 Å². The van der Waals surface area contributed by atoms with Gasteiger partial charge in [0.05, 0.1) is 0 Å². The van der Waals surface area contributed by atoms with Crippen molar-refractivity contribution in [1.29, 1.82) is 0 Å². The lowest BCUT2D eigenvalue weighted by molar-refractivity contribution is 0.247. The Kier molecular flexibility index (Phi) is 6.14. The summed E-state index contributed by atoms with van der Waals surface area (Å²) in [6.07, 6.45) is 7.72. The predicted molar refractivity (Wildman–Crippen MR) is 83.1 cm³/mol. The summed E-state index contributed by atoms with van der Waals surface area (Å²) in [6.45, 7) is 3.20. The van der Waals surface area contributed by atoms with Crippen LogP contribution in [0.5, 0.6) is 0 Å². The van der Waals surface area contributed by atoms with Crippen molar-refractivity contribution in [3.63, 3.8) is 0 Å². The van der Waals surface area contributed by atoms with Crippen molar-refractivity contribution >= 4 is 21.8 Å². The minimum absolute atomic E-state index is 0.122. The predicted octanol–water partition coefficient (Wildman–Crippen LogP) is 2.74. The van der Waals surface area contributed by atoms with Crippen molar-refractivity contribution < 1.29 is 8.42 Å². The molecule has 0 radical (unpaired) electrons. The van der Waals surface area contributed by atoms with Crippen molar-refractivity contribution in [3.8, 4) is 0 Å². The first kappa shape index (κ1) is 16.5. The Morgan fingerprint density at radius 3 is 2.40 bits per heavy atom. The van der Waals surface area contributed by atoms with E-state index in [1.807, 2.05) is 6.92 Å². The molecule has 3 unspecified atom stereocenters. The number of alkyl halides is 1. The number of nitrogens with one attached hydrogen (secondary N) is 1. The first-order valence-electron chi connectivity index (χ1n) is 7.87. The minimum Gasteiger partial charge on any atom is -0.202 e. The summed E-state index contributed by atoms with van der Waals surface area (Å²) in [6, 6.07) is 0.122. The number of hydrogen-bond donors (Lipinski definition) is 1. The van der Waals surface area contributed by atoms with E-state index in [0.29, 0.717) is 30.8 Å². The molecule has 0 aromatic rings. The van der Waals surface area contributed by atoms with Crippen LogP contribution < -0.4 is 4.72 Å². The van der Waals surface area contributed by atoms with E-state index in [0.717, 1.165) is 32.1 Å². The molecule has 1 saturated carbocycles. The zero-order valence-corrected chi connectivity index (χ0v) is 13.9. The smallest absolute Gasteiger partial charge is 0.202 e. The maximum Gasteiger partial charge on any atom is 0.279 e. The number of hydrogen-bond acceptors (Lipinski definition) is 2.